The summed E-state index contributed by atoms with van der Waals surface area (Å²) in [5.41, 5.74) is 3.61. The first-order chi connectivity index (χ1) is 16.0. The van der Waals surface area contributed by atoms with Crippen molar-refractivity contribution < 1.29 is 0 Å². The summed E-state index contributed by atoms with van der Waals surface area (Å²) in [5, 5.41) is 4.62. The van der Waals surface area contributed by atoms with Crippen LogP contribution in [0.25, 0.3) is 0 Å². The normalized spacial score (nSPS) is 28.9. The van der Waals surface area contributed by atoms with Gasteiger partial charge in [0.1, 0.15) is 17.1 Å². The summed E-state index contributed by atoms with van der Waals surface area (Å²) < 4.78 is 0. The second-order valence-corrected chi connectivity index (χ2v) is 10.4. The topological polar surface area (TPSA) is 37.9 Å². The van der Waals surface area contributed by atoms with Crippen molar-refractivity contribution >= 4 is 11.6 Å². The Labute approximate surface area is 203 Å². The molecule has 3 atom stereocenters. The first kappa shape index (κ1) is 22.8. The van der Waals surface area contributed by atoms with E-state index in [9.17, 15) is 0 Å². The van der Waals surface area contributed by atoms with Gasteiger partial charge in [-0.2, -0.15) is 0 Å². The minimum absolute atomic E-state index is 0.0843. The van der Waals surface area contributed by atoms with Crippen molar-refractivity contribution in [2.24, 2.45) is 0 Å². The van der Waals surface area contributed by atoms with Gasteiger partial charge >= 0.3 is 0 Å². The van der Waals surface area contributed by atoms with E-state index in [2.05, 4.69) is 77.0 Å². The van der Waals surface area contributed by atoms with Gasteiger partial charge in [0.2, 0.25) is 0 Å². The molecular formula is C26H37ClN6. The van der Waals surface area contributed by atoms with Gasteiger partial charge in [0.15, 0.2) is 0 Å². The van der Waals surface area contributed by atoms with E-state index in [0.717, 1.165) is 49.9 Å². The second kappa shape index (κ2) is 9.32. The molecule has 2 saturated heterocycles. The highest BCUT2D eigenvalue weighted by atomic mass is 35.5. The number of hydrogen-bond donors (Lipinski definition) is 1. The molecule has 5 heterocycles. The Morgan fingerprint density at radius 1 is 1.12 bits per heavy atom. The summed E-state index contributed by atoms with van der Waals surface area (Å²) in [7, 11) is 2.23. The van der Waals surface area contributed by atoms with Crippen LogP contribution < -0.4 is 5.32 Å². The van der Waals surface area contributed by atoms with Crippen molar-refractivity contribution in [2.45, 2.75) is 64.3 Å². The highest BCUT2D eigenvalue weighted by molar-refractivity contribution is 6.30. The number of allylic oxidation sites excluding steroid dienone is 2. The van der Waals surface area contributed by atoms with E-state index >= 15 is 0 Å². The maximum absolute atomic E-state index is 7.16. The fraction of sp³-hybridized carbons (Fsp3) is 0.577. The molecule has 4 aliphatic rings. The molecule has 2 fully saturated rings. The maximum atomic E-state index is 7.16. The number of aromatic nitrogens is 1. The monoisotopic (exact) mass is 468 g/mol. The van der Waals surface area contributed by atoms with Gasteiger partial charge in [0, 0.05) is 38.4 Å². The third kappa shape index (κ3) is 4.17. The van der Waals surface area contributed by atoms with Crippen LogP contribution in [0.2, 0.25) is 0 Å². The summed E-state index contributed by atoms with van der Waals surface area (Å²) in [6, 6.07) is 5.37. The number of piperazine rings is 1. The van der Waals surface area contributed by atoms with E-state index in [1.165, 1.54) is 23.5 Å². The molecule has 4 aliphatic heterocycles. The Morgan fingerprint density at radius 2 is 1.88 bits per heavy atom. The van der Waals surface area contributed by atoms with Crippen molar-refractivity contribution in [1.82, 2.24) is 29.9 Å². The van der Waals surface area contributed by atoms with E-state index in [1.807, 2.05) is 12.3 Å². The quantitative estimate of drug-likeness (QED) is 0.673. The molecule has 0 bridgehead atoms. The SMILES string of the molecule is Cc1cccnc1C1CCCC(C2=C(Cl)N3C(N4CCN(C(C)C)CC4)=CC=CC3N2)N1C. The molecule has 3 unspecified atom stereocenters. The number of hydrogen-bond acceptors (Lipinski definition) is 6. The Bertz CT molecular complexity index is 961. The van der Waals surface area contributed by atoms with Crippen LogP contribution in [0.5, 0.6) is 0 Å². The lowest BCUT2D eigenvalue weighted by atomic mass is 9.91. The van der Waals surface area contributed by atoms with Crippen molar-refractivity contribution in [2.75, 3.05) is 33.2 Å². The van der Waals surface area contributed by atoms with Crippen molar-refractivity contribution in [3.63, 3.8) is 0 Å². The van der Waals surface area contributed by atoms with Crippen LogP contribution in [0.3, 0.4) is 0 Å². The smallest absolute Gasteiger partial charge is 0.133 e. The number of piperidine rings is 1. The number of likely N-dealkylation sites (tertiary alicyclic amines) is 1. The summed E-state index contributed by atoms with van der Waals surface area (Å²) in [4.78, 5) is 14.6. The van der Waals surface area contributed by atoms with Crippen LogP contribution >= 0.6 is 11.6 Å². The van der Waals surface area contributed by atoms with Gasteiger partial charge in [0.05, 0.1) is 23.5 Å². The molecule has 0 saturated carbocycles. The van der Waals surface area contributed by atoms with E-state index in [4.69, 9.17) is 16.6 Å². The lowest BCUT2D eigenvalue weighted by Gasteiger charge is -2.43. The van der Waals surface area contributed by atoms with Gasteiger partial charge in [-0.1, -0.05) is 23.7 Å². The molecule has 5 rings (SSSR count). The van der Waals surface area contributed by atoms with E-state index < -0.39 is 0 Å². The second-order valence-electron chi connectivity index (χ2n) is 10.0. The Hall–Kier alpha value is -2.02. The molecule has 33 heavy (non-hydrogen) atoms. The summed E-state index contributed by atoms with van der Waals surface area (Å²) >= 11 is 7.16. The first-order valence-electron chi connectivity index (χ1n) is 12.4. The number of aryl methyl sites for hydroxylation is 1. The van der Waals surface area contributed by atoms with E-state index in [-0.39, 0.29) is 12.2 Å². The number of halogens is 1. The number of fused-ring (bicyclic) bond motifs is 1. The third-order valence-electron chi connectivity index (χ3n) is 7.81. The average molecular weight is 469 g/mol. The van der Waals surface area contributed by atoms with Crippen LogP contribution in [0.15, 0.2) is 53.2 Å². The molecule has 0 aliphatic carbocycles. The number of nitrogens with one attached hydrogen (secondary N) is 1. The molecule has 0 spiro atoms. The van der Waals surface area contributed by atoms with Gasteiger partial charge in [-0.15, -0.1) is 0 Å². The highest BCUT2D eigenvalue weighted by Crippen LogP contribution is 2.41. The number of likely N-dealkylation sites (N-methyl/N-ethyl adjacent to an activating group) is 1. The number of pyridine rings is 1. The van der Waals surface area contributed by atoms with Crippen molar-refractivity contribution in [3.8, 4) is 0 Å². The molecule has 7 heteroatoms. The van der Waals surface area contributed by atoms with Crippen molar-refractivity contribution in [1.29, 1.82) is 0 Å². The van der Waals surface area contributed by atoms with Crippen LogP contribution in [0.1, 0.15) is 50.4 Å². The first-order valence-corrected chi connectivity index (χ1v) is 12.8. The van der Waals surface area contributed by atoms with Gasteiger partial charge in [-0.25, -0.2) is 0 Å². The van der Waals surface area contributed by atoms with Gasteiger partial charge < -0.3 is 10.2 Å². The summed E-state index contributed by atoms with van der Waals surface area (Å²) in [6.07, 6.45) is 12.0. The molecular weight excluding hydrogens is 432 g/mol. The predicted molar refractivity (Wildman–Crippen MR) is 134 cm³/mol. The standard InChI is InChI=1S/C26H37ClN6/c1-18(2)31-14-16-32(17-15-31)23-12-6-11-22-29-25(26(27)33(22)23)21-10-5-9-20(30(21)4)24-19(3)8-7-13-28-24/h6-8,11-13,18,20-22,29H,5,9-10,14-17H2,1-4H3. The zero-order valence-corrected chi connectivity index (χ0v) is 21.1. The minimum Gasteiger partial charge on any atom is -0.361 e. The minimum atomic E-state index is 0.0843. The van der Waals surface area contributed by atoms with Crippen LogP contribution in [-0.2, 0) is 0 Å². The average Bonchev–Trinajstić information content (AvgIpc) is 3.16. The van der Waals surface area contributed by atoms with Gasteiger partial charge in [0.25, 0.3) is 0 Å². The maximum Gasteiger partial charge on any atom is 0.133 e. The fourth-order valence-corrected chi connectivity index (χ4v) is 6.22. The zero-order valence-electron chi connectivity index (χ0n) is 20.3. The van der Waals surface area contributed by atoms with Gasteiger partial charge in [-0.3, -0.25) is 19.7 Å². The largest absolute Gasteiger partial charge is 0.361 e. The highest BCUT2D eigenvalue weighted by Gasteiger charge is 2.41. The molecule has 178 valence electrons. The number of rotatable bonds is 4. The molecule has 0 aromatic carbocycles. The molecule has 0 radical (unpaired) electrons. The van der Waals surface area contributed by atoms with Crippen LogP contribution in [-0.4, -0.2) is 76.1 Å². The van der Waals surface area contributed by atoms with Gasteiger partial charge in [-0.05, 0) is 70.9 Å². The summed E-state index contributed by atoms with van der Waals surface area (Å²) in [5.74, 6) is 1.22. The molecule has 1 aromatic heterocycles. The number of nitrogens with zero attached hydrogens (tertiary/aromatic N) is 5. The lowest BCUT2D eigenvalue weighted by Crippen LogP contribution is -2.52. The summed E-state index contributed by atoms with van der Waals surface area (Å²) in [6.45, 7) is 11.0. The van der Waals surface area contributed by atoms with Crippen LogP contribution in [0, 0.1) is 6.92 Å². The predicted octanol–water partition coefficient (Wildman–Crippen LogP) is 3.99. The third-order valence-corrected chi connectivity index (χ3v) is 8.19. The Kier molecular flexibility index (Phi) is 6.43. The fourth-order valence-electron chi connectivity index (χ4n) is 5.85. The molecule has 1 aromatic rings. The zero-order chi connectivity index (χ0) is 23.1. The van der Waals surface area contributed by atoms with E-state index in [0.29, 0.717) is 12.1 Å². The van der Waals surface area contributed by atoms with Crippen LogP contribution in [0.4, 0.5) is 0 Å². The molecule has 1 N–H and O–H groups in total. The molecule has 6 nitrogen and oxygen atoms in total. The Balaban J connectivity index is 1.37. The molecule has 0 amide bonds. The van der Waals surface area contributed by atoms with Crippen molar-refractivity contribution in [3.05, 3.63) is 64.5 Å². The Morgan fingerprint density at radius 3 is 2.61 bits per heavy atom. The lowest BCUT2D eigenvalue weighted by molar-refractivity contribution is 0.106. The van der Waals surface area contributed by atoms with E-state index in [1.54, 1.807) is 0 Å².